The number of halogens is 1. The van der Waals surface area contributed by atoms with Crippen molar-refractivity contribution in [3.63, 3.8) is 0 Å². The zero-order valence-corrected chi connectivity index (χ0v) is 9.84. The average Bonchev–Trinajstić information content (AvgIpc) is 2.15. The minimum absolute atomic E-state index is 0.0369. The minimum Gasteiger partial charge on any atom is -0.354 e. The Hall–Kier alpha value is -0.830. The van der Waals surface area contributed by atoms with Crippen molar-refractivity contribution in [1.29, 1.82) is 0 Å². The van der Waals surface area contributed by atoms with Gasteiger partial charge in [0.1, 0.15) is 12.1 Å². The van der Waals surface area contributed by atoms with Gasteiger partial charge in [-0.3, -0.25) is 0 Å². The molecule has 1 rings (SSSR count). The minimum atomic E-state index is 0.0369. The molecule has 1 aromatic rings. The molecule has 0 N–H and O–H groups in total. The number of hydrogen-bond acceptors (Lipinski definition) is 3. The van der Waals surface area contributed by atoms with E-state index in [-0.39, 0.29) is 5.54 Å². The SMILES string of the molecule is CN(c1ncncc1CCl)C(C)(C)C. The molecule has 1 aromatic heterocycles. The topological polar surface area (TPSA) is 29.0 Å². The second kappa shape index (κ2) is 4.13. The van der Waals surface area contributed by atoms with E-state index in [1.807, 2.05) is 7.05 Å². The van der Waals surface area contributed by atoms with Crippen molar-refractivity contribution in [3.8, 4) is 0 Å². The van der Waals surface area contributed by atoms with Crippen LogP contribution >= 0.6 is 11.6 Å². The predicted molar refractivity (Wildman–Crippen MR) is 59.7 cm³/mol. The number of hydrogen-bond donors (Lipinski definition) is 0. The molecule has 0 aliphatic carbocycles. The van der Waals surface area contributed by atoms with Crippen molar-refractivity contribution >= 4 is 17.4 Å². The zero-order chi connectivity index (χ0) is 10.8. The van der Waals surface area contributed by atoms with E-state index in [0.717, 1.165) is 11.4 Å². The Morgan fingerprint density at radius 2 is 2.07 bits per heavy atom. The van der Waals surface area contributed by atoms with Crippen LogP contribution in [0.4, 0.5) is 5.82 Å². The summed E-state index contributed by atoms with van der Waals surface area (Å²) in [5, 5.41) is 0. The van der Waals surface area contributed by atoms with E-state index in [0.29, 0.717) is 5.88 Å². The summed E-state index contributed by atoms with van der Waals surface area (Å²) in [6.07, 6.45) is 3.31. The summed E-state index contributed by atoms with van der Waals surface area (Å²) in [4.78, 5) is 10.3. The third kappa shape index (κ3) is 2.35. The quantitative estimate of drug-likeness (QED) is 0.707. The van der Waals surface area contributed by atoms with Crippen molar-refractivity contribution in [2.24, 2.45) is 0 Å². The van der Waals surface area contributed by atoms with Crippen LogP contribution in [-0.4, -0.2) is 22.6 Å². The van der Waals surface area contributed by atoms with Gasteiger partial charge in [-0.25, -0.2) is 9.97 Å². The highest BCUT2D eigenvalue weighted by molar-refractivity contribution is 6.17. The number of rotatable bonds is 2. The maximum atomic E-state index is 5.82. The highest BCUT2D eigenvalue weighted by Gasteiger charge is 2.20. The molecule has 14 heavy (non-hydrogen) atoms. The summed E-state index contributed by atoms with van der Waals surface area (Å²) in [5.74, 6) is 1.35. The number of aromatic nitrogens is 2. The fourth-order valence-electron chi connectivity index (χ4n) is 1.07. The van der Waals surface area contributed by atoms with Gasteiger partial charge in [0, 0.05) is 24.3 Å². The van der Waals surface area contributed by atoms with Gasteiger partial charge >= 0.3 is 0 Å². The summed E-state index contributed by atoms with van der Waals surface area (Å²) in [7, 11) is 2.01. The molecule has 0 aliphatic heterocycles. The van der Waals surface area contributed by atoms with Crippen LogP contribution in [0.1, 0.15) is 26.3 Å². The van der Waals surface area contributed by atoms with E-state index >= 15 is 0 Å². The lowest BCUT2D eigenvalue weighted by atomic mass is 10.1. The Kier molecular flexibility index (Phi) is 3.32. The largest absolute Gasteiger partial charge is 0.354 e. The van der Waals surface area contributed by atoms with Gasteiger partial charge in [0.15, 0.2) is 0 Å². The fourth-order valence-corrected chi connectivity index (χ4v) is 1.25. The molecule has 0 radical (unpaired) electrons. The first-order chi connectivity index (χ1) is 6.46. The molecule has 78 valence electrons. The Balaban J connectivity index is 3.06. The fraction of sp³-hybridized carbons (Fsp3) is 0.600. The second-order valence-electron chi connectivity index (χ2n) is 4.24. The van der Waals surface area contributed by atoms with Crippen LogP contribution in [0.5, 0.6) is 0 Å². The third-order valence-corrected chi connectivity index (χ3v) is 2.52. The molecule has 0 aliphatic rings. The molecule has 0 saturated heterocycles. The second-order valence-corrected chi connectivity index (χ2v) is 4.50. The summed E-state index contributed by atoms with van der Waals surface area (Å²) in [6, 6.07) is 0. The van der Waals surface area contributed by atoms with Crippen molar-refractivity contribution < 1.29 is 0 Å². The molecule has 0 atom stereocenters. The van der Waals surface area contributed by atoms with Crippen LogP contribution in [0, 0.1) is 0 Å². The highest BCUT2D eigenvalue weighted by atomic mass is 35.5. The first kappa shape index (κ1) is 11.2. The zero-order valence-electron chi connectivity index (χ0n) is 9.08. The molecule has 0 unspecified atom stereocenters. The van der Waals surface area contributed by atoms with E-state index in [9.17, 15) is 0 Å². The van der Waals surface area contributed by atoms with Crippen molar-refractivity contribution in [2.45, 2.75) is 32.2 Å². The van der Waals surface area contributed by atoms with E-state index in [1.165, 1.54) is 0 Å². The lowest BCUT2D eigenvalue weighted by Gasteiger charge is -2.33. The molecule has 0 spiro atoms. The Morgan fingerprint density at radius 1 is 1.43 bits per heavy atom. The van der Waals surface area contributed by atoms with E-state index in [1.54, 1.807) is 12.5 Å². The maximum absolute atomic E-state index is 5.82. The summed E-state index contributed by atoms with van der Waals surface area (Å²) < 4.78 is 0. The van der Waals surface area contributed by atoms with Gasteiger partial charge in [0.25, 0.3) is 0 Å². The van der Waals surface area contributed by atoms with Gasteiger partial charge < -0.3 is 4.90 Å². The van der Waals surface area contributed by atoms with E-state index in [4.69, 9.17) is 11.6 Å². The van der Waals surface area contributed by atoms with Crippen LogP contribution in [0.25, 0.3) is 0 Å². The first-order valence-corrected chi connectivity index (χ1v) is 5.09. The van der Waals surface area contributed by atoms with Gasteiger partial charge in [-0.05, 0) is 20.8 Å². The van der Waals surface area contributed by atoms with Gasteiger partial charge in [0.05, 0.1) is 5.88 Å². The van der Waals surface area contributed by atoms with Crippen molar-refractivity contribution in [2.75, 3.05) is 11.9 Å². The molecular formula is C10H16ClN3. The van der Waals surface area contributed by atoms with Crippen LogP contribution in [0.3, 0.4) is 0 Å². The standard InChI is InChI=1S/C10H16ClN3/c1-10(2,3)14(4)9-8(5-11)6-12-7-13-9/h6-7H,5H2,1-4H3. The number of nitrogens with zero attached hydrogens (tertiary/aromatic N) is 3. The highest BCUT2D eigenvalue weighted by Crippen LogP contribution is 2.23. The summed E-state index contributed by atoms with van der Waals surface area (Å²) in [5.41, 5.74) is 1.00. The van der Waals surface area contributed by atoms with Crippen LogP contribution in [-0.2, 0) is 5.88 Å². The molecule has 0 fully saturated rings. The Labute approximate surface area is 90.1 Å². The molecule has 0 bridgehead atoms. The van der Waals surface area contributed by atoms with Crippen LogP contribution in [0.2, 0.25) is 0 Å². The molecule has 0 aromatic carbocycles. The first-order valence-electron chi connectivity index (χ1n) is 4.55. The van der Waals surface area contributed by atoms with Gasteiger partial charge in [0.2, 0.25) is 0 Å². The van der Waals surface area contributed by atoms with Crippen LogP contribution in [0.15, 0.2) is 12.5 Å². The molecule has 0 saturated carbocycles. The van der Waals surface area contributed by atoms with E-state index < -0.39 is 0 Å². The molecule has 1 heterocycles. The summed E-state index contributed by atoms with van der Waals surface area (Å²) in [6.45, 7) is 6.40. The van der Waals surface area contributed by atoms with Crippen LogP contribution < -0.4 is 4.90 Å². The Morgan fingerprint density at radius 3 is 2.57 bits per heavy atom. The molecule has 3 nitrogen and oxygen atoms in total. The number of alkyl halides is 1. The lowest BCUT2D eigenvalue weighted by Crippen LogP contribution is -2.39. The van der Waals surface area contributed by atoms with E-state index in [2.05, 4.69) is 35.6 Å². The number of anilines is 1. The smallest absolute Gasteiger partial charge is 0.136 e. The normalized spacial score (nSPS) is 11.5. The van der Waals surface area contributed by atoms with Gasteiger partial charge in [-0.15, -0.1) is 11.6 Å². The predicted octanol–water partition coefficient (Wildman–Crippen LogP) is 2.45. The van der Waals surface area contributed by atoms with Gasteiger partial charge in [-0.2, -0.15) is 0 Å². The van der Waals surface area contributed by atoms with Crippen molar-refractivity contribution in [1.82, 2.24) is 9.97 Å². The third-order valence-electron chi connectivity index (χ3n) is 2.23. The molecule has 0 amide bonds. The summed E-state index contributed by atoms with van der Waals surface area (Å²) >= 11 is 5.82. The Bertz CT molecular complexity index is 306. The lowest BCUT2D eigenvalue weighted by molar-refractivity contribution is 0.532. The van der Waals surface area contributed by atoms with Crippen molar-refractivity contribution in [3.05, 3.63) is 18.1 Å². The monoisotopic (exact) mass is 213 g/mol. The van der Waals surface area contributed by atoms with Gasteiger partial charge in [-0.1, -0.05) is 0 Å². The molecule has 4 heteroatoms. The molecular weight excluding hydrogens is 198 g/mol. The maximum Gasteiger partial charge on any atom is 0.136 e. The average molecular weight is 214 g/mol.